The number of nitrogens with zero attached hydrogens (tertiary/aromatic N) is 2. The van der Waals surface area contributed by atoms with E-state index in [0.29, 0.717) is 16.3 Å². The molecule has 160 valence electrons. The van der Waals surface area contributed by atoms with E-state index in [1.54, 1.807) is 26.0 Å². The van der Waals surface area contributed by atoms with Crippen LogP contribution >= 0.6 is 11.3 Å². The van der Waals surface area contributed by atoms with Crippen molar-refractivity contribution in [3.05, 3.63) is 49.9 Å². The van der Waals surface area contributed by atoms with Gasteiger partial charge in [0.05, 0.1) is 17.1 Å². The SMILES string of the molecule is CCOC(=O)c1c(NC(=O)c2ccc(N3CCCCC3)c([N+](=O)[O-])c2)sc(C)c1C. The first-order chi connectivity index (χ1) is 14.3. The molecule has 8 nitrogen and oxygen atoms in total. The van der Waals surface area contributed by atoms with Crippen molar-refractivity contribution in [1.29, 1.82) is 0 Å². The molecule has 1 fully saturated rings. The van der Waals surface area contributed by atoms with E-state index >= 15 is 0 Å². The second-order valence-electron chi connectivity index (χ2n) is 7.17. The van der Waals surface area contributed by atoms with Crippen LogP contribution in [-0.2, 0) is 4.74 Å². The van der Waals surface area contributed by atoms with Crippen molar-refractivity contribution in [3.8, 4) is 0 Å². The number of benzene rings is 1. The van der Waals surface area contributed by atoms with Gasteiger partial charge >= 0.3 is 5.97 Å². The van der Waals surface area contributed by atoms with E-state index in [2.05, 4.69) is 5.32 Å². The largest absolute Gasteiger partial charge is 0.462 e. The molecule has 30 heavy (non-hydrogen) atoms. The van der Waals surface area contributed by atoms with Crippen LogP contribution in [0.1, 0.15) is 57.3 Å². The van der Waals surface area contributed by atoms with Crippen molar-refractivity contribution in [3.63, 3.8) is 0 Å². The summed E-state index contributed by atoms with van der Waals surface area (Å²) in [5.74, 6) is -1.00. The fourth-order valence-electron chi connectivity index (χ4n) is 3.55. The molecule has 1 N–H and O–H groups in total. The predicted octanol–water partition coefficient (Wildman–Crippen LogP) is 4.69. The van der Waals surface area contributed by atoms with Crippen molar-refractivity contribution in [2.45, 2.75) is 40.0 Å². The van der Waals surface area contributed by atoms with Crippen LogP contribution in [0.2, 0.25) is 0 Å². The summed E-state index contributed by atoms with van der Waals surface area (Å²) < 4.78 is 5.11. The minimum atomic E-state index is -0.505. The van der Waals surface area contributed by atoms with Gasteiger partial charge in [0.2, 0.25) is 0 Å². The number of nitro groups is 1. The van der Waals surface area contributed by atoms with Gasteiger partial charge in [-0.1, -0.05) is 0 Å². The minimum absolute atomic E-state index is 0.0892. The Kier molecular flexibility index (Phi) is 6.71. The maximum Gasteiger partial charge on any atom is 0.341 e. The summed E-state index contributed by atoms with van der Waals surface area (Å²) in [6, 6.07) is 4.52. The molecule has 1 aromatic heterocycles. The standard InChI is InChI=1S/C21H25N3O5S/c1-4-29-21(26)18-13(2)14(3)30-20(18)22-19(25)15-8-9-16(17(12-15)24(27)28)23-10-6-5-7-11-23/h8-9,12H,4-7,10-11H2,1-3H3,(H,22,25). The second kappa shape index (κ2) is 9.25. The topological polar surface area (TPSA) is 102 Å². The van der Waals surface area contributed by atoms with Crippen molar-refractivity contribution in [2.75, 3.05) is 29.9 Å². The smallest absolute Gasteiger partial charge is 0.341 e. The zero-order valence-electron chi connectivity index (χ0n) is 17.3. The van der Waals surface area contributed by atoms with Gasteiger partial charge in [-0.3, -0.25) is 14.9 Å². The normalized spacial score (nSPS) is 13.8. The molecule has 0 radical (unpaired) electrons. The Morgan fingerprint density at radius 3 is 2.57 bits per heavy atom. The lowest BCUT2D eigenvalue weighted by atomic mass is 10.1. The molecule has 0 bridgehead atoms. The van der Waals surface area contributed by atoms with Crippen LogP contribution in [0.25, 0.3) is 0 Å². The molecule has 0 unspecified atom stereocenters. The van der Waals surface area contributed by atoms with E-state index in [-0.39, 0.29) is 17.9 Å². The molecule has 1 aliphatic heterocycles. The molecular weight excluding hydrogens is 406 g/mol. The van der Waals surface area contributed by atoms with Crippen LogP contribution in [0.4, 0.5) is 16.4 Å². The average molecular weight is 432 g/mol. The molecule has 9 heteroatoms. The van der Waals surface area contributed by atoms with Gasteiger partial charge in [0, 0.05) is 29.6 Å². The Labute approximate surface area is 179 Å². The molecule has 0 aliphatic carbocycles. The number of esters is 1. The van der Waals surface area contributed by atoms with E-state index in [0.717, 1.165) is 42.8 Å². The third-order valence-corrected chi connectivity index (χ3v) is 6.35. The molecular formula is C21H25N3O5S. The van der Waals surface area contributed by atoms with Gasteiger partial charge in [-0.2, -0.15) is 0 Å². The number of nitrogens with one attached hydrogen (secondary N) is 1. The third-order valence-electron chi connectivity index (χ3n) is 5.22. The summed E-state index contributed by atoms with van der Waals surface area (Å²) >= 11 is 1.28. The van der Waals surface area contributed by atoms with E-state index in [1.807, 2.05) is 11.8 Å². The summed E-state index contributed by atoms with van der Waals surface area (Å²) in [7, 11) is 0. The van der Waals surface area contributed by atoms with Gasteiger partial charge in [-0.05, 0) is 57.7 Å². The van der Waals surface area contributed by atoms with Crippen LogP contribution in [0.5, 0.6) is 0 Å². The number of amides is 1. The molecule has 1 saturated heterocycles. The van der Waals surface area contributed by atoms with Gasteiger partial charge in [0.1, 0.15) is 10.7 Å². The van der Waals surface area contributed by atoms with Crippen molar-refractivity contribution < 1.29 is 19.2 Å². The highest BCUT2D eigenvalue weighted by Crippen LogP contribution is 2.35. The summed E-state index contributed by atoms with van der Waals surface area (Å²) in [6.07, 6.45) is 3.10. The third kappa shape index (κ3) is 4.46. The van der Waals surface area contributed by atoms with Crippen LogP contribution in [0.3, 0.4) is 0 Å². The summed E-state index contributed by atoms with van der Waals surface area (Å²) in [5.41, 5.74) is 1.69. The highest BCUT2D eigenvalue weighted by Gasteiger charge is 2.25. The van der Waals surface area contributed by atoms with Crippen LogP contribution in [0.15, 0.2) is 18.2 Å². The lowest BCUT2D eigenvalue weighted by molar-refractivity contribution is -0.384. The zero-order chi connectivity index (χ0) is 21.8. The molecule has 2 heterocycles. The van der Waals surface area contributed by atoms with Crippen molar-refractivity contribution >= 4 is 39.6 Å². The molecule has 0 spiro atoms. The number of rotatable bonds is 6. The number of thiophene rings is 1. The number of ether oxygens (including phenoxy) is 1. The number of nitro benzene ring substituents is 1. The Balaban J connectivity index is 1.89. The van der Waals surface area contributed by atoms with Crippen LogP contribution in [-0.4, -0.2) is 36.5 Å². The molecule has 2 aromatic rings. The summed E-state index contributed by atoms with van der Waals surface area (Å²) in [6.45, 7) is 7.13. The number of aryl methyl sites for hydroxylation is 1. The van der Waals surface area contributed by atoms with Gasteiger partial charge in [-0.15, -0.1) is 11.3 Å². The maximum absolute atomic E-state index is 12.8. The Morgan fingerprint density at radius 2 is 1.93 bits per heavy atom. The fourth-order valence-corrected chi connectivity index (χ4v) is 4.60. The number of anilines is 2. The van der Waals surface area contributed by atoms with Crippen molar-refractivity contribution in [1.82, 2.24) is 0 Å². The average Bonchev–Trinajstić information content (AvgIpc) is 3.01. The van der Waals surface area contributed by atoms with E-state index in [9.17, 15) is 19.7 Å². The number of hydrogen-bond donors (Lipinski definition) is 1. The Morgan fingerprint density at radius 1 is 1.23 bits per heavy atom. The highest BCUT2D eigenvalue weighted by molar-refractivity contribution is 7.16. The molecule has 0 saturated carbocycles. The lowest BCUT2D eigenvalue weighted by Crippen LogP contribution is -2.30. The zero-order valence-corrected chi connectivity index (χ0v) is 18.1. The van der Waals surface area contributed by atoms with E-state index in [4.69, 9.17) is 4.74 Å². The molecule has 1 aliphatic rings. The second-order valence-corrected chi connectivity index (χ2v) is 8.40. The Bertz CT molecular complexity index is 979. The fraction of sp³-hybridized carbons (Fsp3) is 0.429. The van der Waals surface area contributed by atoms with Gasteiger partial charge in [0.25, 0.3) is 11.6 Å². The summed E-state index contributed by atoms with van der Waals surface area (Å²) in [5, 5.41) is 14.8. The molecule has 1 aromatic carbocycles. The van der Waals surface area contributed by atoms with Gasteiger partial charge < -0.3 is 15.0 Å². The quantitative estimate of drug-likeness (QED) is 0.404. The summed E-state index contributed by atoms with van der Waals surface area (Å²) in [4.78, 5) is 39.2. The van der Waals surface area contributed by atoms with Crippen molar-refractivity contribution in [2.24, 2.45) is 0 Å². The number of carbonyl (C=O) groups is 2. The molecule has 3 rings (SSSR count). The monoisotopic (exact) mass is 431 g/mol. The Hall–Kier alpha value is -2.94. The first kappa shape index (κ1) is 21.8. The van der Waals surface area contributed by atoms with Gasteiger partial charge in [0.15, 0.2) is 0 Å². The van der Waals surface area contributed by atoms with Crippen LogP contribution < -0.4 is 10.2 Å². The molecule has 1 amide bonds. The van der Waals surface area contributed by atoms with E-state index < -0.39 is 16.8 Å². The lowest BCUT2D eigenvalue weighted by Gasteiger charge is -2.28. The first-order valence-electron chi connectivity index (χ1n) is 9.95. The predicted molar refractivity (Wildman–Crippen MR) is 117 cm³/mol. The van der Waals surface area contributed by atoms with Gasteiger partial charge in [-0.25, -0.2) is 4.79 Å². The number of hydrogen-bond acceptors (Lipinski definition) is 7. The maximum atomic E-state index is 12.8. The van der Waals surface area contributed by atoms with Crippen LogP contribution in [0, 0.1) is 24.0 Å². The number of carbonyl (C=O) groups excluding carboxylic acids is 2. The highest BCUT2D eigenvalue weighted by atomic mass is 32.1. The number of piperidine rings is 1. The van der Waals surface area contributed by atoms with E-state index in [1.165, 1.54) is 17.4 Å². The first-order valence-corrected chi connectivity index (χ1v) is 10.8. The molecule has 0 atom stereocenters. The minimum Gasteiger partial charge on any atom is -0.462 e.